The summed E-state index contributed by atoms with van der Waals surface area (Å²) in [7, 11) is 2.20. The molecule has 1 aliphatic carbocycles. The molecule has 0 bridgehead atoms. The van der Waals surface area contributed by atoms with Gasteiger partial charge < -0.3 is 14.8 Å². The maximum atomic E-state index is 4.26. The number of hydrogen-bond donors (Lipinski definition) is 1. The maximum Gasteiger partial charge on any atom is 0.0951 e. The average molecular weight is 264 g/mol. The fourth-order valence-electron chi connectivity index (χ4n) is 2.24. The highest BCUT2D eigenvalue weighted by molar-refractivity contribution is 5.03. The molecule has 0 unspecified atom stereocenters. The topological polar surface area (TPSA) is 33.1 Å². The Hall–Kier alpha value is -0.870. The van der Waals surface area contributed by atoms with Gasteiger partial charge in [-0.15, -0.1) is 0 Å². The standard InChI is InChI=1S/C15H28N4/c1-13(2)18(3)9-5-4-8-16-10-15-11-17-12-19(15)14-6-7-14/h11-14,16H,4-10H2,1-3H3. The van der Waals surface area contributed by atoms with Crippen molar-refractivity contribution in [3.05, 3.63) is 18.2 Å². The van der Waals surface area contributed by atoms with Crippen LogP contribution in [0.15, 0.2) is 12.5 Å². The van der Waals surface area contributed by atoms with E-state index in [0.717, 1.165) is 19.1 Å². The van der Waals surface area contributed by atoms with Crippen molar-refractivity contribution in [2.45, 2.75) is 58.2 Å². The van der Waals surface area contributed by atoms with E-state index in [4.69, 9.17) is 0 Å². The van der Waals surface area contributed by atoms with E-state index < -0.39 is 0 Å². The normalized spacial score (nSPS) is 15.6. The Morgan fingerprint density at radius 2 is 2.21 bits per heavy atom. The highest BCUT2D eigenvalue weighted by Crippen LogP contribution is 2.35. The third-order valence-electron chi connectivity index (χ3n) is 3.99. The van der Waals surface area contributed by atoms with Gasteiger partial charge in [0.2, 0.25) is 0 Å². The molecule has 0 radical (unpaired) electrons. The largest absolute Gasteiger partial charge is 0.330 e. The van der Waals surface area contributed by atoms with Gasteiger partial charge in [0.05, 0.1) is 12.0 Å². The summed E-state index contributed by atoms with van der Waals surface area (Å²) in [5.74, 6) is 0. The lowest BCUT2D eigenvalue weighted by Gasteiger charge is -2.20. The van der Waals surface area contributed by atoms with Gasteiger partial charge in [-0.05, 0) is 59.7 Å². The van der Waals surface area contributed by atoms with Crippen molar-refractivity contribution in [1.29, 1.82) is 0 Å². The van der Waals surface area contributed by atoms with E-state index in [-0.39, 0.29) is 0 Å². The van der Waals surface area contributed by atoms with Crippen molar-refractivity contribution in [2.75, 3.05) is 20.1 Å². The third kappa shape index (κ3) is 4.62. The van der Waals surface area contributed by atoms with Gasteiger partial charge >= 0.3 is 0 Å². The van der Waals surface area contributed by atoms with E-state index in [9.17, 15) is 0 Å². The number of hydrogen-bond acceptors (Lipinski definition) is 3. The fourth-order valence-corrected chi connectivity index (χ4v) is 2.24. The second-order valence-corrected chi connectivity index (χ2v) is 5.98. The Labute approximate surface area is 117 Å². The van der Waals surface area contributed by atoms with Gasteiger partial charge in [-0.25, -0.2) is 4.98 Å². The van der Waals surface area contributed by atoms with Crippen molar-refractivity contribution in [1.82, 2.24) is 19.8 Å². The van der Waals surface area contributed by atoms with E-state index in [2.05, 4.69) is 40.7 Å². The minimum absolute atomic E-state index is 0.654. The number of rotatable bonds is 9. The minimum Gasteiger partial charge on any atom is -0.330 e. The van der Waals surface area contributed by atoms with Gasteiger partial charge in [-0.3, -0.25) is 0 Å². The molecular weight excluding hydrogens is 236 g/mol. The predicted octanol–water partition coefficient (Wildman–Crippen LogP) is 2.43. The van der Waals surface area contributed by atoms with Crippen LogP contribution >= 0.6 is 0 Å². The molecule has 1 aromatic rings. The smallest absolute Gasteiger partial charge is 0.0951 e. The number of nitrogens with zero attached hydrogens (tertiary/aromatic N) is 3. The molecule has 0 atom stereocenters. The molecule has 1 fully saturated rings. The van der Waals surface area contributed by atoms with Gasteiger partial charge in [-0.2, -0.15) is 0 Å². The van der Waals surface area contributed by atoms with Gasteiger partial charge in [0.1, 0.15) is 0 Å². The summed E-state index contributed by atoms with van der Waals surface area (Å²) in [6.45, 7) is 7.74. The number of aromatic nitrogens is 2. The third-order valence-corrected chi connectivity index (χ3v) is 3.99. The molecule has 2 rings (SSSR count). The summed E-state index contributed by atoms with van der Waals surface area (Å²) >= 11 is 0. The van der Waals surface area contributed by atoms with Crippen molar-refractivity contribution in [3.63, 3.8) is 0 Å². The summed E-state index contributed by atoms with van der Waals surface area (Å²) in [6.07, 6.45) is 9.14. The molecule has 4 heteroatoms. The van der Waals surface area contributed by atoms with Gasteiger partial charge in [-0.1, -0.05) is 0 Å². The zero-order valence-electron chi connectivity index (χ0n) is 12.6. The molecule has 0 spiro atoms. The molecule has 0 aromatic carbocycles. The first kappa shape index (κ1) is 14.5. The predicted molar refractivity (Wildman–Crippen MR) is 79.2 cm³/mol. The quantitative estimate of drug-likeness (QED) is 0.695. The van der Waals surface area contributed by atoms with E-state index in [1.165, 1.54) is 37.9 Å². The van der Waals surface area contributed by atoms with E-state index in [1.54, 1.807) is 0 Å². The number of nitrogens with one attached hydrogen (secondary N) is 1. The van der Waals surface area contributed by atoms with Crippen LogP contribution in [-0.2, 0) is 6.54 Å². The molecule has 108 valence electrons. The highest BCUT2D eigenvalue weighted by Gasteiger charge is 2.24. The summed E-state index contributed by atoms with van der Waals surface area (Å²) < 4.78 is 2.33. The van der Waals surface area contributed by atoms with Crippen LogP contribution < -0.4 is 5.32 Å². The summed E-state index contributed by atoms with van der Waals surface area (Å²) in [4.78, 5) is 6.66. The van der Waals surface area contributed by atoms with E-state index in [0.29, 0.717) is 6.04 Å². The lowest BCUT2D eigenvalue weighted by molar-refractivity contribution is 0.268. The Balaban J connectivity index is 1.55. The molecule has 0 saturated heterocycles. The second-order valence-electron chi connectivity index (χ2n) is 5.98. The van der Waals surface area contributed by atoms with Crippen LogP contribution in [0.4, 0.5) is 0 Å². The molecule has 0 aliphatic heterocycles. The Bertz CT molecular complexity index is 368. The van der Waals surface area contributed by atoms with Crippen LogP contribution in [0.5, 0.6) is 0 Å². The van der Waals surface area contributed by atoms with Crippen molar-refractivity contribution in [2.24, 2.45) is 0 Å². The molecule has 4 nitrogen and oxygen atoms in total. The highest BCUT2D eigenvalue weighted by atomic mass is 15.1. The number of imidazole rings is 1. The number of unbranched alkanes of at least 4 members (excludes halogenated alkanes) is 1. The van der Waals surface area contributed by atoms with Crippen molar-refractivity contribution >= 4 is 0 Å². The summed E-state index contributed by atoms with van der Waals surface area (Å²) in [6, 6.07) is 1.39. The van der Waals surface area contributed by atoms with Crippen LogP contribution in [0, 0.1) is 0 Å². The second kappa shape index (κ2) is 7.06. The summed E-state index contributed by atoms with van der Waals surface area (Å²) in [5.41, 5.74) is 1.33. The first-order valence-electron chi connectivity index (χ1n) is 7.60. The zero-order valence-corrected chi connectivity index (χ0v) is 12.6. The van der Waals surface area contributed by atoms with Crippen LogP contribution in [0.25, 0.3) is 0 Å². The summed E-state index contributed by atoms with van der Waals surface area (Å²) in [5, 5.41) is 3.53. The molecule has 1 heterocycles. The molecular formula is C15H28N4. The molecule has 1 saturated carbocycles. The van der Waals surface area contributed by atoms with Crippen LogP contribution in [0.3, 0.4) is 0 Å². The molecule has 1 aliphatic rings. The lowest BCUT2D eigenvalue weighted by atomic mass is 10.2. The first-order valence-corrected chi connectivity index (χ1v) is 7.60. The first-order chi connectivity index (χ1) is 9.18. The monoisotopic (exact) mass is 264 g/mol. The van der Waals surface area contributed by atoms with Crippen LogP contribution in [0.1, 0.15) is 51.3 Å². The van der Waals surface area contributed by atoms with Crippen LogP contribution in [-0.4, -0.2) is 40.6 Å². The van der Waals surface area contributed by atoms with Gasteiger partial charge in [0, 0.05) is 24.8 Å². The van der Waals surface area contributed by atoms with Gasteiger partial charge in [0.15, 0.2) is 0 Å². The molecule has 0 amide bonds. The van der Waals surface area contributed by atoms with Crippen molar-refractivity contribution in [3.8, 4) is 0 Å². The Morgan fingerprint density at radius 1 is 1.42 bits per heavy atom. The van der Waals surface area contributed by atoms with Gasteiger partial charge in [0.25, 0.3) is 0 Å². The lowest BCUT2D eigenvalue weighted by Crippen LogP contribution is -2.27. The van der Waals surface area contributed by atoms with Crippen LogP contribution in [0.2, 0.25) is 0 Å². The van der Waals surface area contributed by atoms with E-state index >= 15 is 0 Å². The fraction of sp³-hybridized carbons (Fsp3) is 0.800. The minimum atomic E-state index is 0.654. The molecule has 1 N–H and O–H groups in total. The molecule has 19 heavy (non-hydrogen) atoms. The zero-order chi connectivity index (χ0) is 13.7. The average Bonchev–Trinajstić information content (AvgIpc) is 3.13. The maximum absolute atomic E-state index is 4.26. The SMILES string of the molecule is CC(C)N(C)CCCCNCc1cncn1C1CC1. The Morgan fingerprint density at radius 3 is 2.89 bits per heavy atom. The van der Waals surface area contributed by atoms with Crippen molar-refractivity contribution < 1.29 is 0 Å². The molecule has 1 aromatic heterocycles. The Kier molecular flexibility index (Phi) is 5.40. The van der Waals surface area contributed by atoms with E-state index in [1.807, 2.05) is 12.5 Å².